The van der Waals surface area contributed by atoms with Gasteiger partial charge in [0.1, 0.15) is 10.0 Å². The standard InChI is InChI=1S/C22H22Cl2F2N2O5S/c23-16-9-28(31)10-17(24)14(16)8-15(22(20(29)30)27-5-6-34-22)13-3-4-18(33-21(25)26)19(7-13)32-11-12-1-2-12/h3-4,7,9-10,12,15,21,27H,1-2,5-6,8,11H2,(H,29,30)/t15-,22-/m0/s1. The summed E-state index contributed by atoms with van der Waals surface area (Å²) in [5, 5.41) is 25.2. The Morgan fingerprint density at radius 2 is 2.00 bits per heavy atom. The zero-order valence-electron chi connectivity index (χ0n) is 17.8. The van der Waals surface area contributed by atoms with Crippen LogP contribution in [0.15, 0.2) is 30.6 Å². The average molecular weight is 535 g/mol. The minimum Gasteiger partial charge on any atom is -0.619 e. The first kappa shape index (κ1) is 25.1. The van der Waals surface area contributed by atoms with Crippen LogP contribution in [0.2, 0.25) is 10.0 Å². The van der Waals surface area contributed by atoms with Crippen LogP contribution in [0.4, 0.5) is 8.78 Å². The van der Waals surface area contributed by atoms with E-state index in [0.29, 0.717) is 40.7 Å². The molecule has 2 aromatic rings. The third-order valence-electron chi connectivity index (χ3n) is 5.85. The monoisotopic (exact) mass is 534 g/mol. The highest BCUT2D eigenvalue weighted by Gasteiger charge is 2.50. The number of ether oxygens (including phenoxy) is 2. The van der Waals surface area contributed by atoms with Crippen LogP contribution in [0, 0.1) is 11.1 Å². The number of hydrogen-bond donors (Lipinski definition) is 2. The predicted molar refractivity (Wildman–Crippen MR) is 124 cm³/mol. The smallest absolute Gasteiger partial charge is 0.387 e. The topological polar surface area (TPSA) is 94.7 Å². The van der Waals surface area contributed by atoms with Gasteiger partial charge in [-0.3, -0.25) is 5.32 Å². The summed E-state index contributed by atoms with van der Waals surface area (Å²) in [5.74, 6) is -0.929. The number of pyridine rings is 1. The number of carbonyl (C=O) groups is 1. The van der Waals surface area contributed by atoms with Gasteiger partial charge in [-0.1, -0.05) is 29.3 Å². The van der Waals surface area contributed by atoms with Crippen LogP contribution in [0.1, 0.15) is 29.9 Å². The molecule has 2 aliphatic rings. The fraction of sp³-hybridized carbons (Fsp3) is 0.455. The Morgan fingerprint density at radius 1 is 1.29 bits per heavy atom. The van der Waals surface area contributed by atoms with Crippen LogP contribution in [-0.4, -0.2) is 41.5 Å². The Labute approximate surface area is 208 Å². The summed E-state index contributed by atoms with van der Waals surface area (Å²) >= 11 is 13.8. The number of aliphatic carboxylic acids is 1. The third kappa shape index (κ3) is 5.45. The molecule has 1 saturated carbocycles. The van der Waals surface area contributed by atoms with E-state index in [4.69, 9.17) is 27.9 Å². The number of benzene rings is 1. The van der Waals surface area contributed by atoms with Gasteiger partial charge in [0.05, 0.1) is 6.61 Å². The molecule has 2 N–H and O–H groups in total. The van der Waals surface area contributed by atoms with E-state index in [1.54, 1.807) is 0 Å². The zero-order valence-corrected chi connectivity index (χ0v) is 20.1. The molecule has 1 aromatic carbocycles. The molecule has 1 aromatic heterocycles. The van der Waals surface area contributed by atoms with Crippen molar-refractivity contribution in [1.29, 1.82) is 0 Å². The summed E-state index contributed by atoms with van der Waals surface area (Å²) in [6, 6.07) is 4.43. The van der Waals surface area contributed by atoms with Crippen molar-refractivity contribution >= 4 is 40.9 Å². The first-order valence-corrected chi connectivity index (χ1v) is 12.3. The number of hydrogen-bond acceptors (Lipinski definition) is 6. The van der Waals surface area contributed by atoms with Crippen LogP contribution >= 0.6 is 35.0 Å². The number of aromatic nitrogens is 1. The van der Waals surface area contributed by atoms with Crippen molar-refractivity contribution in [3.63, 3.8) is 0 Å². The lowest BCUT2D eigenvalue weighted by Gasteiger charge is -2.34. The number of nitrogens with zero attached hydrogens (tertiary/aromatic N) is 1. The largest absolute Gasteiger partial charge is 0.619 e. The summed E-state index contributed by atoms with van der Waals surface area (Å²) in [5.41, 5.74) is 0.923. The maximum atomic E-state index is 13.0. The third-order valence-corrected chi connectivity index (χ3v) is 7.97. The van der Waals surface area contributed by atoms with Crippen molar-refractivity contribution in [3.05, 3.63) is 57.0 Å². The second kappa shape index (κ2) is 10.3. The van der Waals surface area contributed by atoms with Crippen LogP contribution in [0.5, 0.6) is 11.5 Å². The summed E-state index contributed by atoms with van der Waals surface area (Å²) in [6.45, 7) is -2.23. The van der Waals surface area contributed by atoms with Crippen LogP contribution < -0.4 is 19.5 Å². The van der Waals surface area contributed by atoms with Crippen LogP contribution in [-0.2, 0) is 11.2 Å². The molecule has 0 spiro atoms. The molecule has 1 aliphatic heterocycles. The molecule has 7 nitrogen and oxygen atoms in total. The number of carboxylic acids is 1. The molecule has 0 unspecified atom stereocenters. The summed E-state index contributed by atoms with van der Waals surface area (Å²) in [6.07, 6.45) is 4.36. The molecule has 0 radical (unpaired) electrons. The molecule has 2 fully saturated rings. The molecule has 34 heavy (non-hydrogen) atoms. The second-order valence-electron chi connectivity index (χ2n) is 8.20. The first-order chi connectivity index (χ1) is 16.2. The van der Waals surface area contributed by atoms with Gasteiger partial charge < -0.3 is 19.8 Å². The maximum absolute atomic E-state index is 13.0. The van der Waals surface area contributed by atoms with Gasteiger partial charge in [-0.05, 0) is 42.9 Å². The second-order valence-corrected chi connectivity index (χ2v) is 10.4. The van der Waals surface area contributed by atoms with E-state index < -0.39 is 23.4 Å². The van der Waals surface area contributed by atoms with Gasteiger partial charge >= 0.3 is 12.6 Å². The molecule has 4 rings (SSSR count). The van der Waals surface area contributed by atoms with Gasteiger partial charge in [0.25, 0.3) is 0 Å². The highest BCUT2D eigenvalue weighted by Crippen LogP contribution is 2.46. The lowest BCUT2D eigenvalue weighted by Crippen LogP contribution is -2.51. The molecular weight excluding hydrogens is 513 g/mol. The fourth-order valence-corrected chi connectivity index (χ4v) is 5.85. The Morgan fingerprint density at radius 3 is 2.56 bits per heavy atom. The molecule has 12 heteroatoms. The Kier molecular flexibility index (Phi) is 7.61. The van der Waals surface area contributed by atoms with Crippen molar-refractivity contribution in [1.82, 2.24) is 5.32 Å². The van der Waals surface area contributed by atoms with Crippen molar-refractivity contribution in [2.45, 2.75) is 36.7 Å². The average Bonchev–Trinajstić information content (AvgIpc) is 3.46. The number of alkyl halides is 2. The maximum Gasteiger partial charge on any atom is 0.387 e. The molecule has 2 atom stereocenters. The van der Waals surface area contributed by atoms with Gasteiger partial charge in [0, 0.05) is 23.8 Å². The van der Waals surface area contributed by atoms with Gasteiger partial charge in [-0.15, -0.1) is 11.8 Å². The van der Waals surface area contributed by atoms with E-state index in [1.165, 1.54) is 30.0 Å². The molecule has 0 bridgehead atoms. The van der Waals surface area contributed by atoms with Crippen molar-refractivity contribution in [2.75, 3.05) is 18.9 Å². The predicted octanol–water partition coefficient (Wildman–Crippen LogP) is 4.46. The number of nitrogens with one attached hydrogen (secondary N) is 1. The van der Waals surface area contributed by atoms with Crippen molar-refractivity contribution in [3.8, 4) is 11.5 Å². The normalized spacial score (nSPS) is 21.0. The number of rotatable bonds is 10. The number of thioether (sulfide) groups is 1. The molecule has 184 valence electrons. The van der Waals surface area contributed by atoms with E-state index in [0.717, 1.165) is 25.2 Å². The van der Waals surface area contributed by atoms with E-state index in [9.17, 15) is 23.9 Å². The molecule has 1 aliphatic carbocycles. The summed E-state index contributed by atoms with van der Waals surface area (Å²) in [4.78, 5) is 11.1. The minimum absolute atomic E-state index is 0.0714. The van der Waals surface area contributed by atoms with Gasteiger partial charge in [-0.2, -0.15) is 13.5 Å². The molecular formula is C22H22Cl2F2N2O5S. The Balaban J connectivity index is 1.78. The Bertz CT molecular complexity index is 1040. The quantitative estimate of drug-likeness (QED) is 0.343. The number of halogens is 4. The van der Waals surface area contributed by atoms with Gasteiger partial charge in [0.15, 0.2) is 28.8 Å². The van der Waals surface area contributed by atoms with E-state index in [1.807, 2.05) is 0 Å². The number of carboxylic acid groups (broad SMARTS) is 1. The fourth-order valence-electron chi connectivity index (χ4n) is 3.98. The highest BCUT2D eigenvalue weighted by molar-refractivity contribution is 8.01. The lowest BCUT2D eigenvalue weighted by atomic mass is 9.85. The van der Waals surface area contributed by atoms with Crippen molar-refractivity contribution in [2.24, 2.45) is 5.92 Å². The Hall–Kier alpha value is -2.01. The van der Waals surface area contributed by atoms with Crippen LogP contribution in [0.25, 0.3) is 0 Å². The molecule has 0 amide bonds. The molecule has 1 saturated heterocycles. The minimum atomic E-state index is -3.04. The van der Waals surface area contributed by atoms with E-state index >= 15 is 0 Å². The van der Waals surface area contributed by atoms with Gasteiger partial charge in [0.2, 0.25) is 0 Å². The first-order valence-electron chi connectivity index (χ1n) is 10.6. The van der Waals surface area contributed by atoms with E-state index in [-0.39, 0.29) is 28.0 Å². The summed E-state index contributed by atoms with van der Waals surface area (Å²) < 4.78 is 36.8. The highest BCUT2D eigenvalue weighted by atomic mass is 35.5. The SMILES string of the molecule is O=C(O)[C@@]1([C@@H](Cc2c(Cl)c[n+]([O-])cc2Cl)c2ccc(OC(F)F)c(OCC3CC3)c2)NCCS1. The lowest BCUT2D eigenvalue weighted by molar-refractivity contribution is -0.605. The van der Waals surface area contributed by atoms with Crippen molar-refractivity contribution < 1.29 is 32.9 Å². The molecule has 2 heterocycles. The summed E-state index contributed by atoms with van der Waals surface area (Å²) in [7, 11) is 0. The van der Waals surface area contributed by atoms with E-state index in [2.05, 4.69) is 10.1 Å². The zero-order chi connectivity index (χ0) is 24.5. The van der Waals surface area contributed by atoms with Crippen LogP contribution in [0.3, 0.4) is 0 Å². The van der Waals surface area contributed by atoms with Gasteiger partial charge in [-0.25, -0.2) is 4.79 Å².